The molecule has 2 aliphatic rings. The standard InChI is InChI=1S/C26H31ClN8O/c27-24(29)19-14-18(4-5-21(19)28)32-25-20-15-22(33-26(20)31-16-30-25)17-6-12-35(13-7-17)23(36)8-11-34-9-2-1-3-10-34/h4-6,14-16,29H,1-3,7-13,28H2,(H2,30,31,32,33). The lowest BCUT2D eigenvalue weighted by molar-refractivity contribution is -0.131. The summed E-state index contributed by atoms with van der Waals surface area (Å²) in [5.74, 6) is 0.878. The Kier molecular flexibility index (Phi) is 7.20. The number of nitrogens with zero attached hydrogens (tertiary/aromatic N) is 4. The van der Waals surface area contributed by atoms with E-state index < -0.39 is 0 Å². The minimum Gasteiger partial charge on any atom is -0.398 e. The van der Waals surface area contributed by atoms with Gasteiger partial charge in [0.25, 0.3) is 0 Å². The van der Waals surface area contributed by atoms with Crippen molar-refractivity contribution in [2.45, 2.75) is 32.1 Å². The number of hydrogen-bond donors (Lipinski definition) is 4. The molecule has 36 heavy (non-hydrogen) atoms. The summed E-state index contributed by atoms with van der Waals surface area (Å²) >= 11 is 5.86. The van der Waals surface area contributed by atoms with E-state index in [1.807, 2.05) is 17.0 Å². The van der Waals surface area contributed by atoms with Gasteiger partial charge in [0.05, 0.1) is 5.39 Å². The van der Waals surface area contributed by atoms with Crippen LogP contribution in [0.3, 0.4) is 0 Å². The first-order valence-electron chi connectivity index (χ1n) is 12.4. The van der Waals surface area contributed by atoms with E-state index in [0.717, 1.165) is 55.0 Å². The highest BCUT2D eigenvalue weighted by atomic mass is 35.5. The summed E-state index contributed by atoms with van der Waals surface area (Å²) in [4.78, 5) is 29.3. The van der Waals surface area contributed by atoms with E-state index >= 15 is 0 Å². The number of H-pyrrole nitrogens is 1. The third-order valence-electron chi connectivity index (χ3n) is 6.98. The Bertz CT molecular complexity index is 1310. The lowest BCUT2D eigenvalue weighted by Crippen LogP contribution is -2.38. The molecule has 0 unspecified atom stereocenters. The Balaban J connectivity index is 1.27. The Morgan fingerprint density at radius 3 is 2.75 bits per heavy atom. The second-order valence-electron chi connectivity index (χ2n) is 9.38. The molecule has 3 aromatic rings. The van der Waals surface area contributed by atoms with Gasteiger partial charge in [-0.15, -0.1) is 0 Å². The van der Waals surface area contributed by atoms with Gasteiger partial charge in [0.15, 0.2) is 0 Å². The quantitative estimate of drug-likeness (QED) is 0.279. The van der Waals surface area contributed by atoms with Crippen molar-refractivity contribution in [3.63, 3.8) is 0 Å². The number of halogens is 1. The number of aromatic nitrogens is 3. The number of nitrogens with two attached hydrogens (primary N) is 1. The van der Waals surface area contributed by atoms with Crippen molar-refractivity contribution >= 4 is 56.5 Å². The number of nitrogens with one attached hydrogen (secondary N) is 3. The molecule has 0 aliphatic carbocycles. The average Bonchev–Trinajstić information content (AvgIpc) is 3.34. The van der Waals surface area contributed by atoms with Gasteiger partial charge in [0, 0.05) is 48.7 Å². The van der Waals surface area contributed by atoms with E-state index in [9.17, 15) is 4.79 Å². The van der Waals surface area contributed by atoms with E-state index in [-0.39, 0.29) is 11.1 Å². The number of amides is 1. The van der Waals surface area contributed by atoms with Gasteiger partial charge in [-0.05, 0) is 62.2 Å². The summed E-state index contributed by atoms with van der Waals surface area (Å²) in [7, 11) is 0. The van der Waals surface area contributed by atoms with Crippen LogP contribution in [0.2, 0.25) is 0 Å². The van der Waals surface area contributed by atoms with Crippen LogP contribution in [0.5, 0.6) is 0 Å². The zero-order valence-electron chi connectivity index (χ0n) is 20.2. The number of aromatic amines is 1. The molecule has 1 amide bonds. The van der Waals surface area contributed by atoms with Crippen molar-refractivity contribution in [2.75, 3.05) is 43.8 Å². The Morgan fingerprint density at radius 1 is 1.17 bits per heavy atom. The molecule has 5 N–H and O–H groups in total. The second kappa shape index (κ2) is 10.7. The number of nitrogen functional groups attached to an aromatic ring is 1. The molecule has 1 fully saturated rings. The normalized spacial score (nSPS) is 16.7. The van der Waals surface area contributed by atoms with Crippen LogP contribution in [0.4, 0.5) is 17.2 Å². The maximum atomic E-state index is 12.7. The lowest BCUT2D eigenvalue weighted by atomic mass is 10.0. The predicted octanol–water partition coefficient (Wildman–Crippen LogP) is 4.34. The minimum absolute atomic E-state index is 0.115. The maximum Gasteiger partial charge on any atom is 0.224 e. The zero-order chi connectivity index (χ0) is 25.1. The molecule has 1 aromatic carbocycles. The summed E-state index contributed by atoms with van der Waals surface area (Å²) in [6.07, 6.45) is 8.82. The van der Waals surface area contributed by atoms with Gasteiger partial charge >= 0.3 is 0 Å². The highest BCUT2D eigenvalue weighted by Gasteiger charge is 2.21. The van der Waals surface area contributed by atoms with E-state index in [1.165, 1.54) is 31.2 Å². The third-order valence-corrected chi connectivity index (χ3v) is 7.18. The van der Waals surface area contributed by atoms with Crippen molar-refractivity contribution < 1.29 is 4.79 Å². The van der Waals surface area contributed by atoms with E-state index in [2.05, 4.69) is 31.2 Å². The first kappa shape index (κ1) is 24.3. The monoisotopic (exact) mass is 506 g/mol. The van der Waals surface area contributed by atoms with Crippen LogP contribution in [-0.2, 0) is 4.79 Å². The largest absolute Gasteiger partial charge is 0.398 e. The molecule has 0 atom stereocenters. The first-order chi connectivity index (χ1) is 17.5. The average molecular weight is 507 g/mol. The summed E-state index contributed by atoms with van der Waals surface area (Å²) < 4.78 is 0. The highest BCUT2D eigenvalue weighted by molar-refractivity contribution is 6.69. The topological polar surface area (TPSA) is 127 Å². The number of carbonyl (C=O) groups excluding carboxylic acids is 1. The minimum atomic E-state index is -0.115. The highest BCUT2D eigenvalue weighted by Crippen LogP contribution is 2.30. The van der Waals surface area contributed by atoms with Gasteiger partial charge in [0.1, 0.15) is 23.0 Å². The number of benzene rings is 1. The molecule has 0 bridgehead atoms. The maximum absolute atomic E-state index is 12.7. The molecule has 188 valence electrons. The fourth-order valence-electron chi connectivity index (χ4n) is 4.91. The number of hydrogen-bond acceptors (Lipinski definition) is 7. The number of anilines is 3. The number of piperidine rings is 1. The van der Waals surface area contributed by atoms with Crippen molar-refractivity contribution in [2.24, 2.45) is 0 Å². The molecule has 1 saturated heterocycles. The smallest absolute Gasteiger partial charge is 0.224 e. The molecule has 0 radical (unpaired) electrons. The Morgan fingerprint density at radius 2 is 2.00 bits per heavy atom. The second-order valence-corrected chi connectivity index (χ2v) is 9.76. The number of fused-ring (bicyclic) bond motifs is 1. The van der Waals surface area contributed by atoms with Crippen LogP contribution in [0, 0.1) is 5.41 Å². The fourth-order valence-corrected chi connectivity index (χ4v) is 5.07. The SMILES string of the molecule is N=C(Cl)c1cc(Nc2ncnc3[nH]c(C4=CCN(C(=O)CCN5CCCCC5)CC4)cc23)ccc1N. The van der Waals surface area contributed by atoms with Gasteiger partial charge in [0.2, 0.25) is 5.91 Å². The number of rotatable bonds is 7. The van der Waals surface area contributed by atoms with E-state index in [0.29, 0.717) is 30.0 Å². The van der Waals surface area contributed by atoms with Crippen LogP contribution in [0.15, 0.2) is 36.7 Å². The number of carbonyl (C=O) groups is 1. The predicted molar refractivity (Wildman–Crippen MR) is 145 cm³/mol. The molecule has 4 heterocycles. The molecule has 0 saturated carbocycles. The van der Waals surface area contributed by atoms with Crippen LogP contribution < -0.4 is 11.1 Å². The van der Waals surface area contributed by atoms with Crippen molar-refractivity contribution in [3.05, 3.63) is 47.9 Å². The summed E-state index contributed by atoms with van der Waals surface area (Å²) in [5, 5.41) is 11.7. The van der Waals surface area contributed by atoms with Gasteiger partial charge in [-0.2, -0.15) is 0 Å². The van der Waals surface area contributed by atoms with Gasteiger partial charge < -0.3 is 25.8 Å². The molecular formula is C26H31ClN8O. The van der Waals surface area contributed by atoms with E-state index in [1.54, 1.807) is 12.1 Å². The third kappa shape index (κ3) is 5.37. The summed E-state index contributed by atoms with van der Waals surface area (Å²) in [5.41, 5.74) is 10.4. The zero-order valence-corrected chi connectivity index (χ0v) is 20.9. The molecule has 9 nitrogen and oxygen atoms in total. The Labute approximate surface area is 215 Å². The molecule has 0 spiro atoms. The lowest BCUT2D eigenvalue weighted by Gasteiger charge is -2.29. The van der Waals surface area contributed by atoms with Crippen molar-refractivity contribution in [3.8, 4) is 0 Å². The van der Waals surface area contributed by atoms with Crippen molar-refractivity contribution in [1.29, 1.82) is 5.41 Å². The summed E-state index contributed by atoms with van der Waals surface area (Å²) in [6.45, 7) is 4.44. The molecule has 2 aromatic heterocycles. The van der Waals surface area contributed by atoms with E-state index in [4.69, 9.17) is 22.7 Å². The Hall–Kier alpha value is -3.43. The van der Waals surface area contributed by atoms with Crippen LogP contribution in [-0.4, -0.2) is 68.6 Å². The van der Waals surface area contributed by atoms with Crippen LogP contribution in [0.1, 0.15) is 43.4 Å². The first-order valence-corrected chi connectivity index (χ1v) is 12.8. The number of likely N-dealkylation sites (tertiary alicyclic amines) is 1. The molecule has 10 heteroatoms. The summed E-state index contributed by atoms with van der Waals surface area (Å²) in [6, 6.07) is 7.30. The van der Waals surface area contributed by atoms with Crippen LogP contribution in [0.25, 0.3) is 16.6 Å². The fraction of sp³-hybridized carbons (Fsp3) is 0.385. The van der Waals surface area contributed by atoms with Gasteiger partial charge in [-0.1, -0.05) is 24.1 Å². The van der Waals surface area contributed by atoms with Gasteiger partial charge in [-0.25, -0.2) is 9.97 Å². The molecule has 2 aliphatic heterocycles. The molecule has 5 rings (SSSR count). The molecular weight excluding hydrogens is 476 g/mol. The van der Waals surface area contributed by atoms with Crippen LogP contribution >= 0.6 is 11.6 Å². The van der Waals surface area contributed by atoms with Gasteiger partial charge in [-0.3, -0.25) is 10.2 Å². The van der Waals surface area contributed by atoms with Crippen molar-refractivity contribution in [1.82, 2.24) is 24.8 Å².